The number of carboxylic acids is 1. The van der Waals surface area contributed by atoms with Crippen LogP contribution in [0.1, 0.15) is 15.9 Å². The molecule has 4 nitrogen and oxygen atoms in total. The molecule has 0 atom stereocenters. The lowest BCUT2D eigenvalue weighted by Crippen LogP contribution is -2.27. The van der Waals surface area contributed by atoms with Gasteiger partial charge in [0.1, 0.15) is 0 Å². The molecule has 0 spiro atoms. The molecule has 0 unspecified atom stereocenters. The highest BCUT2D eigenvalue weighted by Crippen LogP contribution is 2.36. The minimum Gasteiger partial charge on any atom is -0.478 e. The molecule has 3 rings (SSSR count). The van der Waals surface area contributed by atoms with Gasteiger partial charge < -0.3 is 5.11 Å². The molecule has 1 amide bonds. The van der Waals surface area contributed by atoms with Gasteiger partial charge in [-0.2, -0.15) is 11.3 Å². The predicted molar refractivity (Wildman–Crippen MR) is 93.4 cm³/mol. The van der Waals surface area contributed by atoms with Crippen molar-refractivity contribution in [1.29, 1.82) is 0 Å². The Hall–Kier alpha value is -1.96. The van der Waals surface area contributed by atoms with Crippen molar-refractivity contribution in [3.8, 4) is 0 Å². The molecule has 1 aromatic carbocycles. The summed E-state index contributed by atoms with van der Waals surface area (Å²) in [7, 11) is 0. The molecule has 0 bridgehead atoms. The zero-order valence-electron chi connectivity index (χ0n) is 11.1. The Morgan fingerprint density at radius 1 is 1.23 bits per heavy atom. The van der Waals surface area contributed by atoms with E-state index in [1.54, 1.807) is 29.5 Å². The van der Waals surface area contributed by atoms with Crippen molar-refractivity contribution >= 4 is 63.3 Å². The lowest BCUT2D eigenvalue weighted by atomic mass is 10.2. The Balaban J connectivity index is 1.90. The first-order valence-corrected chi connectivity index (χ1v) is 8.36. The molecule has 2 aromatic rings. The van der Waals surface area contributed by atoms with Crippen LogP contribution in [0.4, 0.5) is 5.69 Å². The Morgan fingerprint density at radius 2 is 1.95 bits per heavy atom. The number of carboxylic acid groups (broad SMARTS) is 1. The average molecular weight is 347 g/mol. The summed E-state index contributed by atoms with van der Waals surface area (Å²) in [4.78, 5) is 25.4. The molecule has 7 heteroatoms. The summed E-state index contributed by atoms with van der Waals surface area (Å²) in [5.74, 6) is -1.20. The number of hydrogen-bond acceptors (Lipinski definition) is 5. The summed E-state index contributed by atoms with van der Waals surface area (Å²) >= 11 is 8.07. The minimum absolute atomic E-state index is 0.169. The van der Waals surface area contributed by atoms with Gasteiger partial charge in [-0.15, -0.1) is 0 Å². The van der Waals surface area contributed by atoms with E-state index >= 15 is 0 Å². The zero-order valence-corrected chi connectivity index (χ0v) is 13.5. The third kappa shape index (κ3) is 2.83. The Labute approximate surface area is 140 Å². The lowest BCUT2D eigenvalue weighted by Gasteiger charge is -2.14. The topological polar surface area (TPSA) is 57.6 Å². The van der Waals surface area contributed by atoms with E-state index in [0.717, 1.165) is 5.56 Å². The summed E-state index contributed by atoms with van der Waals surface area (Å²) in [6, 6.07) is 8.01. The molecule has 0 saturated carbocycles. The second kappa shape index (κ2) is 6.04. The van der Waals surface area contributed by atoms with E-state index in [0.29, 0.717) is 14.9 Å². The van der Waals surface area contributed by atoms with Crippen LogP contribution in [-0.4, -0.2) is 21.3 Å². The van der Waals surface area contributed by atoms with Crippen LogP contribution in [-0.2, 0) is 4.79 Å². The molecule has 1 aromatic heterocycles. The molecule has 2 heterocycles. The van der Waals surface area contributed by atoms with Gasteiger partial charge in [-0.1, -0.05) is 24.0 Å². The highest BCUT2D eigenvalue weighted by Gasteiger charge is 2.33. The Morgan fingerprint density at radius 3 is 2.55 bits per heavy atom. The highest BCUT2D eigenvalue weighted by atomic mass is 32.2. The molecule has 110 valence electrons. The van der Waals surface area contributed by atoms with E-state index in [4.69, 9.17) is 17.3 Å². The van der Waals surface area contributed by atoms with E-state index in [1.165, 1.54) is 28.8 Å². The van der Waals surface area contributed by atoms with Crippen LogP contribution in [0.25, 0.3) is 6.08 Å². The van der Waals surface area contributed by atoms with Crippen molar-refractivity contribution in [3.05, 3.63) is 57.1 Å². The van der Waals surface area contributed by atoms with Gasteiger partial charge in [0, 0.05) is 0 Å². The van der Waals surface area contributed by atoms with Gasteiger partial charge in [0.2, 0.25) is 0 Å². The number of thiophene rings is 1. The number of nitrogens with zero attached hydrogens (tertiary/aromatic N) is 1. The number of carbonyl (C=O) groups is 2. The monoisotopic (exact) mass is 347 g/mol. The fourth-order valence-electron chi connectivity index (χ4n) is 1.95. The van der Waals surface area contributed by atoms with Crippen molar-refractivity contribution < 1.29 is 14.7 Å². The second-order valence-corrected chi connectivity index (χ2v) is 6.88. The standard InChI is InChI=1S/C15H9NO3S3/c17-13-12(7-9-5-6-21-8-9)22-15(20)16(13)11-3-1-10(2-4-11)14(18)19/h1-8H,(H,18,19)/b12-7-. The fourth-order valence-corrected chi connectivity index (χ4v) is 3.87. The molecular formula is C15H9NO3S3. The van der Waals surface area contributed by atoms with Gasteiger partial charge in [0.15, 0.2) is 4.32 Å². The quantitative estimate of drug-likeness (QED) is 0.675. The summed E-state index contributed by atoms with van der Waals surface area (Å²) in [5, 5.41) is 12.8. The molecule has 22 heavy (non-hydrogen) atoms. The maximum absolute atomic E-state index is 12.5. The third-order valence-corrected chi connectivity index (χ3v) is 5.01. The number of amides is 1. The molecule has 1 N–H and O–H groups in total. The van der Waals surface area contributed by atoms with Gasteiger partial charge in [-0.25, -0.2) is 4.79 Å². The normalized spacial score (nSPS) is 16.5. The first-order chi connectivity index (χ1) is 10.6. The predicted octanol–water partition coefficient (Wildman–Crippen LogP) is 3.85. The Bertz CT molecular complexity index is 779. The van der Waals surface area contributed by atoms with E-state index in [2.05, 4.69) is 0 Å². The molecule has 0 radical (unpaired) electrons. The zero-order chi connectivity index (χ0) is 15.7. The first kappa shape index (κ1) is 15.0. The van der Waals surface area contributed by atoms with Crippen LogP contribution in [0.2, 0.25) is 0 Å². The van der Waals surface area contributed by atoms with E-state index in [9.17, 15) is 9.59 Å². The van der Waals surface area contributed by atoms with E-state index in [1.807, 2.05) is 16.8 Å². The third-order valence-electron chi connectivity index (χ3n) is 3.01. The Kier molecular flexibility index (Phi) is 4.10. The van der Waals surface area contributed by atoms with Crippen molar-refractivity contribution in [3.63, 3.8) is 0 Å². The maximum Gasteiger partial charge on any atom is 0.335 e. The summed E-state index contributed by atoms with van der Waals surface area (Å²) in [6.45, 7) is 0. The van der Waals surface area contributed by atoms with Crippen LogP contribution >= 0.6 is 35.3 Å². The largest absolute Gasteiger partial charge is 0.478 e. The van der Waals surface area contributed by atoms with Crippen LogP contribution in [0.15, 0.2) is 46.0 Å². The minimum atomic E-state index is -1.01. The summed E-state index contributed by atoms with van der Waals surface area (Å²) in [6.07, 6.45) is 1.81. The van der Waals surface area contributed by atoms with Crippen molar-refractivity contribution in [1.82, 2.24) is 0 Å². The van der Waals surface area contributed by atoms with Crippen LogP contribution < -0.4 is 4.90 Å². The first-order valence-electron chi connectivity index (χ1n) is 6.20. The van der Waals surface area contributed by atoms with Gasteiger partial charge in [0.05, 0.1) is 16.2 Å². The van der Waals surface area contributed by atoms with Crippen molar-refractivity contribution in [2.75, 3.05) is 4.90 Å². The number of thiocarbonyl (C=S) groups is 1. The van der Waals surface area contributed by atoms with Crippen LogP contribution in [0, 0.1) is 0 Å². The smallest absolute Gasteiger partial charge is 0.335 e. The lowest BCUT2D eigenvalue weighted by molar-refractivity contribution is -0.113. The molecule has 1 fully saturated rings. The SMILES string of the molecule is O=C(O)c1ccc(N2C(=O)/C(=C/c3ccsc3)SC2=S)cc1. The maximum atomic E-state index is 12.5. The fraction of sp³-hybridized carbons (Fsp3) is 0. The number of aromatic carboxylic acids is 1. The highest BCUT2D eigenvalue weighted by molar-refractivity contribution is 8.27. The van der Waals surface area contributed by atoms with Crippen molar-refractivity contribution in [2.45, 2.75) is 0 Å². The van der Waals surface area contributed by atoms with Crippen molar-refractivity contribution in [2.24, 2.45) is 0 Å². The summed E-state index contributed by atoms with van der Waals surface area (Å²) in [5.41, 5.74) is 1.70. The average Bonchev–Trinajstić information content (AvgIpc) is 3.09. The molecular weight excluding hydrogens is 338 g/mol. The van der Waals surface area contributed by atoms with Gasteiger partial charge in [0.25, 0.3) is 5.91 Å². The second-order valence-electron chi connectivity index (χ2n) is 4.43. The number of carbonyl (C=O) groups excluding carboxylic acids is 1. The van der Waals surface area contributed by atoms with Gasteiger partial charge in [-0.3, -0.25) is 9.69 Å². The number of anilines is 1. The van der Waals surface area contributed by atoms with Crippen LogP contribution in [0.5, 0.6) is 0 Å². The summed E-state index contributed by atoms with van der Waals surface area (Å²) < 4.78 is 0.439. The number of benzene rings is 1. The van der Waals surface area contributed by atoms with Gasteiger partial charge >= 0.3 is 5.97 Å². The molecule has 1 aliphatic heterocycles. The molecule has 1 aliphatic rings. The van der Waals surface area contributed by atoms with E-state index in [-0.39, 0.29) is 11.5 Å². The number of rotatable bonds is 3. The number of thioether (sulfide) groups is 1. The molecule has 1 saturated heterocycles. The molecule has 0 aliphatic carbocycles. The van der Waals surface area contributed by atoms with Gasteiger partial charge in [-0.05, 0) is 52.7 Å². The number of hydrogen-bond donors (Lipinski definition) is 1. The van der Waals surface area contributed by atoms with Crippen LogP contribution in [0.3, 0.4) is 0 Å². The van der Waals surface area contributed by atoms with E-state index < -0.39 is 5.97 Å².